The predicted molar refractivity (Wildman–Crippen MR) is 64.8 cm³/mol. The van der Waals surface area contributed by atoms with Crippen molar-refractivity contribution in [2.45, 2.75) is 37.6 Å². The van der Waals surface area contributed by atoms with Crippen LogP contribution in [-0.4, -0.2) is 28.3 Å². The number of hydrogen-bond donors (Lipinski definition) is 0. The third-order valence-corrected chi connectivity index (χ3v) is 5.06. The van der Waals surface area contributed by atoms with E-state index in [-0.39, 0.29) is 17.3 Å². The molecule has 2 rings (SSSR count). The molecule has 2 aliphatic heterocycles. The fourth-order valence-electron chi connectivity index (χ4n) is 2.35. The Bertz CT molecular complexity index is 250. The van der Waals surface area contributed by atoms with Crippen LogP contribution in [0.5, 0.6) is 0 Å². The second kappa shape index (κ2) is 3.46. The zero-order valence-electron chi connectivity index (χ0n) is 8.75. The largest absolute Gasteiger partial charge is 0.369 e. The van der Waals surface area contributed by atoms with Gasteiger partial charge in [-0.1, -0.05) is 35.6 Å². The zero-order chi connectivity index (χ0) is 10.4. The van der Waals surface area contributed by atoms with Crippen molar-refractivity contribution in [1.82, 2.24) is 0 Å². The highest BCUT2D eigenvalue weighted by Crippen LogP contribution is 2.50. The van der Waals surface area contributed by atoms with Crippen molar-refractivity contribution >= 4 is 22.6 Å². The molecule has 80 valence electrons. The summed E-state index contributed by atoms with van der Waals surface area (Å²) in [4.78, 5) is 0. The van der Waals surface area contributed by atoms with Gasteiger partial charge in [-0.3, -0.25) is 0 Å². The van der Waals surface area contributed by atoms with Crippen LogP contribution in [0.2, 0.25) is 0 Å². The number of rotatable bonds is 2. The first-order chi connectivity index (χ1) is 6.55. The number of hydrogen-bond acceptors (Lipinski definition) is 2. The minimum atomic E-state index is -0.0393. The quantitative estimate of drug-likeness (QED) is 0.338. The van der Waals surface area contributed by atoms with Gasteiger partial charge in [0, 0.05) is 16.8 Å². The van der Waals surface area contributed by atoms with E-state index in [2.05, 4.69) is 43.0 Å². The fourth-order valence-corrected chi connectivity index (χ4v) is 2.80. The van der Waals surface area contributed by atoms with Gasteiger partial charge in [0.15, 0.2) is 0 Å². The molecule has 4 atom stereocenters. The van der Waals surface area contributed by atoms with Crippen LogP contribution in [0, 0.1) is 5.92 Å². The molecular weight excluding hydrogens is 291 g/mol. The smallest absolute Gasteiger partial charge is 0.0997 e. The lowest BCUT2D eigenvalue weighted by atomic mass is 9.78. The van der Waals surface area contributed by atoms with Crippen LogP contribution in [0.25, 0.3) is 0 Å². The molecular formula is C11H17IO2. The van der Waals surface area contributed by atoms with Crippen molar-refractivity contribution < 1.29 is 9.47 Å². The molecule has 0 bridgehead atoms. The second-order valence-electron chi connectivity index (χ2n) is 4.72. The van der Waals surface area contributed by atoms with Crippen molar-refractivity contribution in [3.8, 4) is 0 Å². The lowest BCUT2D eigenvalue weighted by molar-refractivity contribution is -0.135. The van der Waals surface area contributed by atoms with Gasteiger partial charge >= 0.3 is 0 Å². The highest BCUT2D eigenvalue weighted by atomic mass is 127. The van der Waals surface area contributed by atoms with E-state index in [0.717, 1.165) is 17.5 Å². The highest BCUT2D eigenvalue weighted by Gasteiger charge is 2.59. The standard InChI is InChI=1S/C11H17IO2/c1-4-9-8(2)11(7-13-11)5-10(3,6-12)14-9/h4,8-9H,1,5-7H2,2-3H3/t8-,9-,10?,11-/m1/s1. The number of alkyl halides is 1. The molecule has 2 saturated heterocycles. The van der Waals surface area contributed by atoms with Gasteiger partial charge in [0.05, 0.1) is 23.9 Å². The highest BCUT2D eigenvalue weighted by molar-refractivity contribution is 14.1. The van der Waals surface area contributed by atoms with Crippen LogP contribution in [0.3, 0.4) is 0 Å². The van der Waals surface area contributed by atoms with E-state index in [0.29, 0.717) is 5.92 Å². The molecule has 0 aliphatic carbocycles. The maximum Gasteiger partial charge on any atom is 0.0997 e. The van der Waals surface area contributed by atoms with Crippen LogP contribution in [-0.2, 0) is 9.47 Å². The fraction of sp³-hybridized carbons (Fsp3) is 0.818. The summed E-state index contributed by atoms with van der Waals surface area (Å²) in [6.45, 7) is 9.11. The van der Waals surface area contributed by atoms with E-state index in [4.69, 9.17) is 9.47 Å². The van der Waals surface area contributed by atoms with Gasteiger partial charge in [-0.2, -0.15) is 0 Å². The van der Waals surface area contributed by atoms with Gasteiger partial charge in [-0.25, -0.2) is 0 Å². The van der Waals surface area contributed by atoms with E-state index < -0.39 is 0 Å². The Balaban J connectivity index is 2.20. The minimum absolute atomic E-state index is 0.0393. The van der Waals surface area contributed by atoms with Crippen molar-refractivity contribution in [2.24, 2.45) is 5.92 Å². The molecule has 0 radical (unpaired) electrons. The number of epoxide rings is 1. The monoisotopic (exact) mass is 308 g/mol. The van der Waals surface area contributed by atoms with E-state index >= 15 is 0 Å². The van der Waals surface area contributed by atoms with Gasteiger partial charge in [-0.15, -0.1) is 6.58 Å². The molecule has 0 amide bonds. The maximum atomic E-state index is 6.05. The van der Waals surface area contributed by atoms with E-state index in [1.54, 1.807) is 0 Å². The first-order valence-corrected chi connectivity index (χ1v) is 6.58. The Labute approximate surface area is 99.2 Å². The number of ether oxygens (including phenoxy) is 2. The van der Waals surface area contributed by atoms with Crippen molar-refractivity contribution in [3.63, 3.8) is 0 Å². The van der Waals surface area contributed by atoms with Crippen molar-refractivity contribution in [1.29, 1.82) is 0 Å². The van der Waals surface area contributed by atoms with Gasteiger partial charge in [0.2, 0.25) is 0 Å². The third kappa shape index (κ3) is 1.63. The molecule has 2 fully saturated rings. The van der Waals surface area contributed by atoms with Crippen molar-refractivity contribution in [3.05, 3.63) is 12.7 Å². The minimum Gasteiger partial charge on any atom is -0.369 e. The summed E-state index contributed by atoms with van der Waals surface area (Å²) in [7, 11) is 0. The molecule has 0 aromatic heterocycles. The molecule has 0 saturated carbocycles. The van der Waals surface area contributed by atoms with Gasteiger partial charge in [0.1, 0.15) is 0 Å². The van der Waals surface area contributed by atoms with Crippen LogP contribution in [0.15, 0.2) is 12.7 Å². The van der Waals surface area contributed by atoms with E-state index in [1.807, 2.05) is 6.08 Å². The summed E-state index contributed by atoms with van der Waals surface area (Å²) in [5.74, 6) is 0.441. The Hall–Kier alpha value is 0.390. The molecule has 14 heavy (non-hydrogen) atoms. The SMILES string of the molecule is C=C[C@H]1OC(C)(CI)C[C@@]2(CO2)[C@@H]1C. The summed E-state index contributed by atoms with van der Waals surface area (Å²) < 4.78 is 12.7. The summed E-state index contributed by atoms with van der Waals surface area (Å²) in [5.41, 5.74) is 0.0550. The summed E-state index contributed by atoms with van der Waals surface area (Å²) in [5, 5.41) is 0. The van der Waals surface area contributed by atoms with Crippen LogP contribution >= 0.6 is 22.6 Å². The van der Waals surface area contributed by atoms with Crippen molar-refractivity contribution in [2.75, 3.05) is 11.0 Å². The summed E-state index contributed by atoms with van der Waals surface area (Å²) in [6.07, 6.45) is 3.08. The van der Waals surface area contributed by atoms with Crippen LogP contribution < -0.4 is 0 Å². The molecule has 2 aliphatic rings. The summed E-state index contributed by atoms with van der Waals surface area (Å²) >= 11 is 2.39. The molecule has 3 heteroatoms. The third-order valence-electron chi connectivity index (χ3n) is 3.45. The second-order valence-corrected chi connectivity index (χ2v) is 5.48. The lowest BCUT2D eigenvalue weighted by Gasteiger charge is -2.43. The molecule has 2 nitrogen and oxygen atoms in total. The molecule has 2 heterocycles. The van der Waals surface area contributed by atoms with Crippen LogP contribution in [0.1, 0.15) is 20.3 Å². The van der Waals surface area contributed by atoms with E-state index in [9.17, 15) is 0 Å². The Kier molecular flexibility index (Phi) is 2.69. The van der Waals surface area contributed by atoms with E-state index in [1.165, 1.54) is 0 Å². The predicted octanol–water partition coefficient (Wildman–Crippen LogP) is 2.56. The topological polar surface area (TPSA) is 21.8 Å². The first-order valence-electron chi connectivity index (χ1n) is 5.06. The average Bonchev–Trinajstić information content (AvgIpc) is 2.93. The molecule has 1 spiro atoms. The first kappa shape index (κ1) is 10.9. The van der Waals surface area contributed by atoms with Gasteiger partial charge < -0.3 is 9.47 Å². The van der Waals surface area contributed by atoms with Crippen LogP contribution in [0.4, 0.5) is 0 Å². The average molecular weight is 308 g/mol. The zero-order valence-corrected chi connectivity index (χ0v) is 10.9. The molecule has 1 unspecified atom stereocenters. The molecule has 0 aromatic carbocycles. The Morgan fingerprint density at radius 2 is 2.29 bits per heavy atom. The Morgan fingerprint density at radius 3 is 2.71 bits per heavy atom. The maximum absolute atomic E-state index is 6.05. The summed E-state index contributed by atoms with van der Waals surface area (Å²) in [6, 6.07) is 0. The van der Waals surface area contributed by atoms with Gasteiger partial charge in [-0.05, 0) is 6.92 Å². The normalized spacial score (nSPS) is 51.9. The molecule has 0 aromatic rings. The molecule has 0 N–H and O–H groups in total. The lowest BCUT2D eigenvalue weighted by Crippen LogP contribution is -2.51. The Morgan fingerprint density at radius 1 is 1.64 bits per heavy atom. The number of halogens is 1. The van der Waals surface area contributed by atoms with Gasteiger partial charge in [0.25, 0.3) is 0 Å².